The Morgan fingerprint density at radius 3 is 2.62 bits per heavy atom. The molecule has 0 aliphatic heterocycles. The van der Waals surface area contributed by atoms with Gasteiger partial charge in [0.05, 0.1) is 0 Å². The molecule has 1 aromatic carbocycles. The zero-order valence-corrected chi connectivity index (χ0v) is 12.5. The van der Waals surface area contributed by atoms with Crippen molar-refractivity contribution in [3.05, 3.63) is 26.8 Å². The van der Waals surface area contributed by atoms with E-state index in [9.17, 15) is 0 Å². The van der Waals surface area contributed by atoms with E-state index in [0.29, 0.717) is 11.8 Å². The molecular formula is C12H18ClIN2. The fraction of sp³-hybridized carbons (Fsp3) is 0.500. The summed E-state index contributed by atoms with van der Waals surface area (Å²) in [5.74, 6) is 1.11. The summed E-state index contributed by atoms with van der Waals surface area (Å²) < 4.78 is 1.14. The van der Waals surface area contributed by atoms with Gasteiger partial charge in [-0.15, -0.1) is 0 Å². The molecule has 1 rings (SSSR count). The van der Waals surface area contributed by atoms with Gasteiger partial charge in [-0.25, -0.2) is 0 Å². The van der Waals surface area contributed by atoms with Gasteiger partial charge in [0.2, 0.25) is 0 Å². The summed E-state index contributed by atoms with van der Waals surface area (Å²) in [6.07, 6.45) is 0. The van der Waals surface area contributed by atoms with Gasteiger partial charge in [0.25, 0.3) is 0 Å². The van der Waals surface area contributed by atoms with Gasteiger partial charge < -0.3 is 11.1 Å². The first-order chi connectivity index (χ1) is 7.54. The molecule has 0 aliphatic carbocycles. The summed E-state index contributed by atoms with van der Waals surface area (Å²) in [6, 6.07) is 5.87. The monoisotopic (exact) mass is 352 g/mol. The Bertz CT molecular complexity index is 342. The molecule has 4 heteroatoms. The smallest absolute Gasteiger partial charge is 0.0477 e. The van der Waals surface area contributed by atoms with Gasteiger partial charge in [0, 0.05) is 20.8 Å². The maximum atomic E-state index is 5.90. The van der Waals surface area contributed by atoms with Gasteiger partial charge in [-0.3, -0.25) is 0 Å². The molecule has 0 heterocycles. The fourth-order valence-corrected chi connectivity index (χ4v) is 2.53. The van der Waals surface area contributed by atoms with Crippen molar-refractivity contribution in [2.75, 3.05) is 18.4 Å². The molecule has 0 saturated carbocycles. The predicted molar refractivity (Wildman–Crippen MR) is 80.0 cm³/mol. The molecule has 3 N–H and O–H groups in total. The highest BCUT2D eigenvalue weighted by Gasteiger charge is 2.11. The van der Waals surface area contributed by atoms with Crippen LogP contribution in [0, 0.1) is 15.4 Å². The summed E-state index contributed by atoms with van der Waals surface area (Å²) in [5.41, 5.74) is 6.87. The van der Waals surface area contributed by atoms with Gasteiger partial charge >= 0.3 is 0 Å². The third-order valence-electron chi connectivity index (χ3n) is 2.73. The van der Waals surface area contributed by atoms with E-state index in [1.807, 2.05) is 18.2 Å². The first kappa shape index (κ1) is 14.1. The van der Waals surface area contributed by atoms with Gasteiger partial charge in [-0.05, 0) is 59.2 Å². The van der Waals surface area contributed by atoms with E-state index in [2.05, 4.69) is 41.8 Å². The van der Waals surface area contributed by atoms with Crippen molar-refractivity contribution in [1.29, 1.82) is 0 Å². The van der Waals surface area contributed by atoms with Crippen molar-refractivity contribution in [3.63, 3.8) is 0 Å². The lowest BCUT2D eigenvalue weighted by Crippen LogP contribution is -2.27. The van der Waals surface area contributed by atoms with Crippen LogP contribution >= 0.6 is 34.2 Å². The topological polar surface area (TPSA) is 38.0 Å². The van der Waals surface area contributed by atoms with Crippen LogP contribution in [0.25, 0.3) is 0 Å². The van der Waals surface area contributed by atoms with Gasteiger partial charge in [-0.1, -0.05) is 25.4 Å². The molecule has 0 fully saturated rings. The summed E-state index contributed by atoms with van der Waals surface area (Å²) in [6.45, 7) is 6.03. The van der Waals surface area contributed by atoms with Crippen molar-refractivity contribution in [2.24, 2.45) is 17.6 Å². The average Bonchev–Trinajstić information content (AvgIpc) is 2.21. The van der Waals surface area contributed by atoms with Crippen molar-refractivity contribution in [2.45, 2.75) is 13.8 Å². The second kappa shape index (κ2) is 6.67. The van der Waals surface area contributed by atoms with E-state index in [-0.39, 0.29) is 0 Å². The molecule has 1 atom stereocenters. The Hall–Kier alpha value is -0.000000000000000111. The minimum Gasteiger partial charge on any atom is -0.384 e. The van der Waals surface area contributed by atoms with E-state index >= 15 is 0 Å². The highest BCUT2D eigenvalue weighted by Crippen LogP contribution is 2.23. The predicted octanol–water partition coefficient (Wildman–Crippen LogP) is 3.59. The second-order valence-corrected chi connectivity index (χ2v) is 5.84. The molecule has 0 radical (unpaired) electrons. The molecule has 1 unspecified atom stereocenters. The summed E-state index contributed by atoms with van der Waals surface area (Å²) in [7, 11) is 0. The van der Waals surface area contributed by atoms with Crippen LogP contribution in [0.4, 0.5) is 5.69 Å². The molecule has 90 valence electrons. The third kappa shape index (κ3) is 4.11. The molecule has 0 aliphatic rings. The highest BCUT2D eigenvalue weighted by atomic mass is 127. The van der Waals surface area contributed by atoms with Crippen LogP contribution in [-0.4, -0.2) is 13.1 Å². The molecule has 2 nitrogen and oxygen atoms in total. The van der Waals surface area contributed by atoms with Gasteiger partial charge in [0.1, 0.15) is 0 Å². The minimum atomic E-state index is 0.506. The maximum absolute atomic E-state index is 5.90. The Balaban J connectivity index is 2.60. The maximum Gasteiger partial charge on any atom is 0.0477 e. The minimum absolute atomic E-state index is 0.506. The second-order valence-electron chi connectivity index (χ2n) is 4.24. The average molecular weight is 353 g/mol. The first-order valence-corrected chi connectivity index (χ1v) is 6.89. The number of rotatable bonds is 5. The van der Waals surface area contributed by atoms with E-state index in [1.54, 1.807) is 0 Å². The zero-order chi connectivity index (χ0) is 12.1. The van der Waals surface area contributed by atoms with Crippen molar-refractivity contribution in [1.82, 2.24) is 0 Å². The van der Waals surface area contributed by atoms with E-state index in [4.69, 9.17) is 17.3 Å². The van der Waals surface area contributed by atoms with E-state index in [1.165, 1.54) is 0 Å². The quantitative estimate of drug-likeness (QED) is 0.795. The lowest BCUT2D eigenvalue weighted by molar-refractivity contribution is 0.413. The van der Waals surface area contributed by atoms with Crippen LogP contribution in [0.3, 0.4) is 0 Å². The zero-order valence-electron chi connectivity index (χ0n) is 9.63. The third-order valence-corrected chi connectivity index (χ3v) is 3.86. The lowest BCUT2D eigenvalue weighted by atomic mass is 9.96. The number of hydrogen-bond acceptors (Lipinski definition) is 2. The van der Waals surface area contributed by atoms with Crippen LogP contribution in [0.2, 0.25) is 5.02 Å². The molecular weight excluding hydrogens is 335 g/mol. The summed E-state index contributed by atoms with van der Waals surface area (Å²) in [5, 5.41) is 4.20. The van der Waals surface area contributed by atoms with Crippen LogP contribution in [-0.2, 0) is 0 Å². The molecule has 16 heavy (non-hydrogen) atoms. The number of hydrogen-bond donors (Lipinski definition) is 2. The molecule has 0 amide bonds. The van der Waals surface area contributed by atoms with Crippen molar-refractivity contribution < 1.29 is 0 Å². The van der Waals surface area contributed by atoms with Crippen LogP contribution in [0.1, 0.15) is 13.8 Å². The number of nitrogens with two attached hydrogens (primary N) is 1. The standard InChI is InChI=1S/C12H18ClIN2/c1-8(2)9(6-15)7-16-12-4-3-10(13)5-11(12)14/h3-5,8-9,16H,6-7,15H2,1-2H3. The van der Waals surface area contributed by atoms with Crippen LogP contribution in [0.15, 0.2) is 18.2 Å². The molecule has 0 spiro atoms. The Morgan fingerprint density at radius 2 is 2.12 bits per heavy atom. The lowest BCUT2D eigenvalue weighted by Gasteiger charge is -2.20. The van der Waals surface area contributed by atoms with Gasteiger partial charge in [-0.2, -0.15) is 0 Å². The molecule has 1 aromatic rings. The number of benzene rings is 1. The Morgan fingerprint density at radius 1 is 1.44 bits per heavy atom. The number of nitrogens with one attached hydrogen (secondary N) is 1. The normalized spacial score (nSPS) is 12.9. The summed E-state index contributed by atoms with van der Waals surface area (Å²) in [4.78, 5) is 0. The number of anilines is 1. The Kier molecular flexibility index (Phi) is 5.86. The van der Waals surface area contributed by atoms with Crippen LogP contribution in [0.5, 0.6) is 0 Å². The van der Waals surface area contributed by atoms with Gasteiger partial charge in [0.15, 0.2) is 0 Å². The summed E-state index contributed by atoms with van der Waals surface area (Å²) >= 11 is 8.19. The largest absolute Gasteiger partial charge is 0.384 e. The molecule has 0 saturated heterocycles. The van der Waals surface area contributed by atoms with E-state index in [0.717, 1.165) is 27.4 Å². The number of halogens is 2. The van der Waals surface area contributed by atoms with Crippen LogP contribution < -0.4 is 11.1 Å². The Labute approximate surface area is 116 Å². The highest BCUT2D eigenvalue weighted by molar-refractivity contribution is 14.1. The SMILES string of the molecule is CC(C)C(CN)CNc1ccc(Cl)cc1I. The molecule has 0 aromatic heterocycles. The van der Waals surface area contributed by atoms with Crippen molar-refractivity contribution >= 4 is 39.9 Å². The molecule has 0 bridgehead atoms. The first-order valence-electron chi connectivity index (χ1n) is 5.43. The van der Waals surface area contributed by atoms with E-state index < -0.39 is 0 Å². The fourth-order valence-electron chi connectivity index (χ4n) is 1.47. The van der Waals surface area contributed by atoms with Crippen molar-refractivity contribution in [3.8, 4) is 0 Å².